The maximum atomic E-state index is 13.5. The Morgan fingerprint density at radius 2 is 1.77 bits per heavy atom. The van der Waals surface area contributed by atoms with Gasteiger partial charge in [0.1, 0.15) is 10.7 Å². The van der Waals surface area contributed by atoms with E-state index in [9.17, 15) is 17.6 Å². The number of hydrogen-bond acceptors (Lipinski definition) is 3. The van der Waals surface area contributed by atoms with Crippen LogP contribution in [0.2, 0.25) is 10.0 Å². The van der Waals surface area contributed by atoms with Gasteiger partial charge in [0, 0.05) is 0 Å². The van der Waals surface area contributed by atoms with Crippen LogP contribution in [0.3, 0.4) is 0 Å². The SMILES string of the molecule is NS(=O)(=O)c1cc(C(=O)Nc2ccccc2F)c(Cl)cc1Cl. The van der Waals surface area contributed by atoms with Gasteiger partial charge >= 0.3 is 0 Å². The molecule has 2 aromatic rings. The van der Waals surface area contributed by atoms with Crippen LogP contribution in [-0.2, 0) is 10.0 Å². The first-order chi connectivity index (χ1) is 10.2. The van der Waals surface area contributed by atoms with Gasteiger partial charge in [-0.1, -0.05) is 35.3 Å². The number of amides is 1. The van der Waals surface area contributed by atoms with Crippen LogP contribution in [0.1, 0.15) is 10.4 Å². The molecule has 0 saturated carbocycles. The Bertz CT molecular complexity index is 856. The molecule has 5 nitrogen and oxygen atoms in total. The highest BCUT2D eigenvalue weighted by atomic mass is 35.5. The van der Waals surface area contributed by atoms with E-state index in [0.717, 1.165) is 18.2 Å². The smallest absolute Gasteiger partial charge is 0.257 e. The normalized spacial score (nSPS) is 11.3. The number of carbonyl (C=O) groups excluding carboxylic acids is 1. The first kappa shape index (κ1) is 16.7. The molecule has 116 valence electrons. The Hall–Kier alpha value is -1.67. The van der Waals surface area contributed by atoms with E-state index in [0.29, 0.717) is 0 Å². The second kappa shape index (κ2) is 6.21. The second-order valence-corrected chi connectivity index (χ2v) is 6.59. The van der Waals surface area contributed by atoms with Gasteiger partial charge in [-0.15, -0.1) is 0 Å². The average molecular weight is 363 g/mol. The summed E-state index contributed by atoms with van der Waals surface area (Å²) in [6, 6.07) is 7.51. The molecule has 2 rings (SSSR count). The molecule has 3 N–H and O–H groups in total. The van der Waals surface area contributed by atoms with Gasteiger partial charge in [0.05, 0.1) is 21.3 Å². The maximum absolute atomic E-state index is 13.5. The fourth-order valence-electron chi connectivity index (χ4n) is 1.67. The molecule has 0 aliphatic carbocycles. The number of para-hydroxylation sites is 1. The second-order valence-electron chi connectivity index (χ2n) is 4.24. The lowest BCUT2D eigenvalue weighted by atomic mass is 10.2. The van der Waals surface area contributed by atoms with Crippen LogP contribution in [0.25, 0.3) is 0 Å². The lowest BCUT2D eigenvalue weighted by Crippen LogP contribution is -2.17. The summed E-state index contributed by atoms with van der Waals surface area (Å²) in [5, 5.41) is 6.99. The van der Waals surface area contributed by atoms with Crippen LogP contribution in [0.4, 0.5) is 10.1 Å². The minimum atomic E-state index is -4.13. The molecule has 0 fully saturated rings. The van der Waals surface area contributed by atoms with Crippen molar-refractivity contribution >= 4 is 44.8 Å². The van der Waals surface area contributed by atoms with Crippen molar-refractivity contribution in [2.75, 3.05) is 5.32 Å². The zero-order chi connectivity index (χ0) is 16.5. The van der Waals surface area contributed by atoms with Gasteiger partial charge in [0.25, 0.3) is 5.91 Å². The summed E-state index contributed by atoms with van der Waals surface area (Å²) in [5.41, 5.74) is -0.269. The van der Waals surface area contributed by atoms with Crippen molar-refractivity contribution < 1.29 is 17.6 Å². The minimum Gasteiger partial charge on any atom is -0.319 e. The first-order valence-corrected chi connectivity index (χ1v) is 8.08. The highest BCUT2D eigenvalue weighted by Crippen LogP contribution is 2.28. The van der Waals surface area contributed by atoms with Gasteiger partial charge in [0.15, 0.2) is 0 Å². The monoisotopic (exact) mass is 362 g/mol. The van der Waals surface area contributed by atoms with Crippen molar-refractivity contribution in [3.8, 4) is 0 Å². The quantitative estimate of drug-likeness (QED) is 0.879. The molecule has 0 radical (unpaired) electrons. The molecule has 1 amide bonds. The predicted molar refractivity (Wildman–Crippen MR) is 82.2 cm³/mol. The van der Waals surface area contributed by atoms with Crippen LogP contribution in [0.5, 0.6) is 0 Å². The zero-order valence-corrected chi connectivity index (χ0v) is 13.1. The predicted octanol–water partition coefficient (Wildman–Crippen LogP) is 3.03. The van der Waals surface area contributed by atoms with E-state index in [2.05, 4.69) is 5.32 Å². The molecule has 2 aromatic carbocycles. The minimum absolute atomic E-state index is 0.0735. The van der Waals surface area contributed by atoms with Crippen molar-refractivity contribution in [3.05, 3.63) is 57.8 Å². The molecule has 9 heteroatoms. The molecule has 0 aliphatic heterocycles. The van der Waals surface area contributed by atoms with Crippen molar-refractivity contribution in [3.63, 3.8) is 0 Å². The number of hydrogen-bond donors (Lipinski definition) is 2. The summed E-state index contributed by atoms with van der Waals surface area (Å²) >= 11 is 11.6. The van der Waals surface area contributed by atoms with Crippen LogP contribution < -0.4 is 10.5 Å². The molecule has 0 spiro atoms. The number of nitrogens with one attached hydrogen (secondary N) is 1. The molecule has 0 aromatic heterocycles. The third-order valence-electron chi connectivity index (χ3n) is 2.69. The molecular formula is C13H9Cl2FN2O3S. The number of halogens is 3. The summed E-state index contributed by atoms with van der Waals surface area (Å²) in [7, 11) is -4.13. The third-order valence-corrected chi connectivity index (χ3v) is 4.38. The van der Waals surface area contributed by atoms with E-state index in [1.807, 2.05) is 0 Å². The number of anilines is 1. The summed E-state index contributed by atoms with van der Waals surface area (Å²) in [5.74, 6) is -1.44. The lowest BCUT2D eigenvalue weighted by Gasteiger charge is -2.10. The molecule has 0 aliphatic rings. The number of nitrogens with two attached hydrogens (primary N) is 1. The largest absolute Gasteiger partial charge is 0.319 e. The van der Waals surface area contributed by atoms with Crippen molar-refractivity contribution in [1.82, 2.24) is 0 Å². The Morgan fingerprint density at radius 1 is 1.14 bits per heavy atom. The standard InChI is InChI=1S/C13H9Cl2FN2O3S/c14-8-6-9(15)12(22(17,20)21)5-7(8)13(19)18-11-4-2-1-3-10(11)16/h1-6H,(H,18,19)(H2,17,20,21). The number of primary sulfonamides is 1. The highest BCUT2D eigenvalue weighted by Gasteiger charge is 2.20. The van der Waals surface area contributed by atoms with Gasteiger partial charge in [-0.2, -0.15) is 0 Å². The Morgan fingerprint density at radius 3 is 2.36 bits per heavy atom. The summed E-state index contributed by atoms with van der Waals surface area (Å²) in [4.78, 5) is 11.7. The Labute approximate surface area is 135 Å². The van der Waals surface area contributed by atoms with E-state index in [1.165, 1.54) is 18.2 Å². The number of rotatable bonds is 3. The molecule has 0 unspecified atom stereocenters. The van der Waals surface area contributed by atoms with Crippen molar-refractivity contribution in [2.45, 2.75) is 4.90 Å². The number of carbonyl (C=O) groups is 1. The van der Waals surface area contributed by atoms with Gasteiger partial charge in [-0.25, -0.2) is 17.9 Å². The van der Waals surface area contributed by atoms with Gasteiger partial charge < -0.3 is 5.32 Å². The summed E-state index contributed by atoms with van der Waals surface area (Å²) in [6.45, 7) is 0. The third kappa shape index (κ3) is 3.56. The molecule has 0 bridgehead atoms. The Kier molecular flexibility index (Phi) is 4.72. The van der Waals surface area contributed by atoms with Crippen molar-refractivity contribution in [1.29, 1.82) is 0 Å². The van der Waals surface area contributed by atoms with Gasteiger partial charge in [0.2, 0.25) is 10.0 Å². The van der Waals surface area contributed by atoms with Gasteiger partial charge in [-0.05, 0) is 24.3 Å². The molecule has 0 heterocycles. The van der Waals surface area contributed by atoms with Crippen LogP contribution in [0, 0.1) is 5.82 Å². The maximum Gasteiger partial charge on any atom is 0.257 e. The topological polar surface area (TPSA) is 89.3 Å². The van der Waals surface area contributed by atoms with Crippen LogP contribution in [-0.4, -0.2) is 14.3 Å². The number of sulfonamides is 1. The lowest BCUT2D eigenvalue weighted by molar-refractivity contribution is 0.102. The molecule has 0 saturated heterocycles. The Balaban J connectivity index is 2.44. The van der Waals surface area contributed by atoms with E-state index in [1.54, 1.807) is 0 Å². The molecular weight excluding hydrogens is 354 g/mol. The zero-order valence-electron chi connectivity index (χ0n) is 10.8. The van der Waals surface area contributed by atoms with Crippen molar-refractivity contribution in [2.24, 2.45) is 5.14 Å². The average Bonchev–Trinajstić information content (AvgIpc) is 2.39. The summed E-state index contributed by atoms with van der Waals surface area (Å²) < 4.78 is 36.3. The van der Waals surface area contributed by atoms with E-state index in [-0.39, 0.29) is 21.3 Å². The van der Waals surface area contributed by atoms with E-state index in [4.69, 9.17) is 28.3 Å². The number of benzene rings is 2. The van der Waals surface area contributed by atoms with Gasteiger partial charge in [-0.3, -0.25) is 4.79 Å². The van der Waals surface area contributed by atoms with Crippen LogP contribution >= 0.6 is 23.2 Å². The first-order valence-electron chi connectivity index (χ1n) is 5.78. The van der Waals surface area contributed by atoms with E-state index >= 15 is 0 Å². The fraction of sp³-hybridized carbons (Fsp3) is 0. The fourth-order valence-corrected chi connectivity index (χ4v) is 3.08. The molecule has 22 heavy (non-hydrogen) atoms. The molecule has 0 atom stereocenters. The summed E-state index contributed by atoms with van der Waals surface area (Å²) in [6.07, 6.45) is 0. The van der Waals surface area contributed by atoms with Crippen LogP contribution in [0.15, 0.2) is 41.3 Å². The highest BCUT2D eigenvalue weighted by molar-refractivity contribution is 7.89. The van der Waals surface area contributed by atoms with E-state index < -0.39 is 26.6 Å².